The number of carbonyl (C=O) groups is 1. The van der Waals surface area contributed by atoms with Crippen molar-refractivity contribution in [1.29, 1.82) is 0 Å². The molecule has 0 radical (unpaired) electrons. The highest BCUT2D eigenvalue weighted by Crippen LogP contribution is 2.28. The van der Waals surface area contributed by atoms with Gasteiger partial charge in [-0.3, -0.25) is 0 Å². The van der Waals surface area contributed by atoms with Gasteiger partial charge >= 0.3 is 5.97 Å². The van der Waals surface area contributed by atoms with Gasteiger partial charge in [-0.1, -0.05) is 15.9 Å². The highest BCUT2D eigenvalue weighted by Gasteiger charge is 2.14. The molecule has 0 atom stereocenters. The topological polar surface area (TPSA) is 59.7 Å². The largest absolute Gasteiger partial charge is 0.488 e. The van der Waals surface area contributed by atoms with Crippen LogP contribution < -0.4 is 4.74 Å². The number of benzene rings is 1. The Kier molecular flexibility index (Phi) is 4.18. The molecule has 0 unspecified atom stereocenters. The molecule has 0 saturated heterocycles. The maximum atomic E-state index is 10.8. The van der Waals surface area contributed by atoms with Gasteiger partial charge < -0.3 is 14.3 Å². The van der Waals surface area contributed by atoms with E-state index in [9.17, 15) is 4.79 Å². The van der Waals surface area contributed by atoms with Crippen molar-refractivity contribution in [2.24, 2.45) is 0 Å². The van der Waals surface area contributed by atoms with Crippen LogP contribution in [0.15, 0.2) is 27.1 Å². The molecule has 0 bridgehead atoms. The van der Waals surface area contributed by atoms with E-state index in [4.69, 9.17) is 14.3 Å². The number of aromatic carboxylic acids is 1. The van der Waals surface area contributed by atoms with Crippen LogP contribution in [0, 0.1) is 20.8 Å². The lowest BCUT2D eigenvalue weighted by Crippen LogP contribution is -1.99. The SMILES string of the molecule is Cc1oc(C(=O)O)cc1COc1ccc(Br)c(C)c1C. The standard InChI is InChI=1S/C15H15BrO4/c1-8-9(2)13(5-4-12(8)16)19-7-11-6-14(15(17)18)20-10(11)3/h4-6H,7H2,1-3H3,(H,17,18). The van der Waals surface area contributed by atoms with Crippen molar-refractivity contribution in [3.05, 3.63) is 50.9 Å². The second-order valence-electron chi connectivity index (χ2n) is 4.58. The van der Waals surface area contributed by atoms with Gasteiger partial charge in [0.05, 0.1) is 0 Å². The van der Waals surface area contributed by atoms with Crippen LogP contribution in [0.1, 0.15) is 33.0 Å². The average Bonchev–Trinajstić information content (AvgIpc) is 2.77. The summed E-state index contributed by atoms with van der Waals surface area (Å²) in [4.78, 5) is 10.8. The van der Waals surface area contributed by atoms with Crippen LogP contribution in [0.5, 0.6) is 5.75 Å². The summed E-state index contributed by atoms with van der Waals surface area (Å²) in [5, 5.41) is 8.88. The summed E-state index contributed by atoms with van der Waals surface area (Å²) < 4.78 is 11.9. The Morgan fingerprint density at radius 3 is 2.60 bits per heavy atom. The number of hydrogen-bond donors (Lipinski definition) is 1. The monoisotopic (exact) mass is 338 g/mol. The number of halogens is 1. The smallest absolute Gasteiger partial charge is 0.371 e. The Morgan fingerprint density at radius 1 is 1.30 bits per heavy atom. The highest BCUT2D eigenvalue weighted by molar-refractivity contribution is 9.10. The Balaban J connectivity index is 2.17. The van der Waals surface area contributed by atoms with Crippen LogP contribution in [-0.2, 0) is 6.61 Å². The van der Waals surface area contributed by atoms with Crippen LogP contribution in [-0.4, -0.2) is 11.1 Å². The van der Waals surface area contributed by atoms with Crippen LogP contribution in [0.25, 0.3) is 0 Å². The van der Waals surface area contributed by atoms with Gasteiger partial charge in [0.2, 0.25) is 5.76 Å². The van der Waals surface area contributed by atoms with E-state index in [-0.39, 0.29) is 12.4 Å². The molecule has 4 nitrogen and oxygen atoms in total. The molecular weight excluding hydrogens is 324 g/mol. The third kappa shape index (κ3) is 2.88. The van der Waals surface area contributed by atoms with Crippen LogP contribution in [0.3, 0.4) is 0 Å². The zero-order valence-electron chi connectivity index (χ0n) is 11.5. The van der Waals surface area contributed by atoms with Gasteiger partial charge in [0.1, 0.15) is 18.1 Å². The normalized spacial score (nSPS) is 10.6. The van der Waals surface area contributed by atoms with Gasteiger partial charge in [0, 0.05) is 10.0 Å². The van der Waals surface area contributed by atoms with Crippen LogP contribution in [0.2, 0.25) is 0 Å². The van der Waals surface area contributed by atoms with Crippen molar-refractivity contribution in [2.75, 3.05) is 0 Å². The molecule has 2 rings (SSSR count). The third-order valence-corrected chi connectivity index (χ3v) is 4.15. The lowest BCUT2D eigenvalue weighted by molar-refractivity contribution is 0.0661. The van der Waals surface area contributed by atoms with Gasteiger partial charge in [-0.05, 0) is 50.1 Å². The lowest BCUT2D eigenvalue weighted by atomic mass is 10.1. The minimum Gasteiger partial charge on any atom is -0.488 e. The molecule has 106 valence electrons. The van der Waals surface area contributed by atoms with E-state index < -0.39 is 5.97 Å². The van der Waals surface area contributed by atoms with Crippen LogP contribution >= 0.6 is 15.9 Å². The summed E-state index contributed by atoms with van der Waals surface area (Å²) in [5.74, 6) is 0.205. The Hall–Kier alpha value is -1.75. The summed E-state index contributed by atoms with van der Waals surface area (Å²) >= 11 is 3.47. The predicted molar refractivity (Wildman–Crippen MR) is 78.4 cm³/mol. The van der Waals surface area contributed by atoms with E-state index in [1.165, 1.54) is 6.07 Å². The molecule has 5 heteroatoms. The number of rotatable bonds is 4. The quantitative estimate of drug-likeness (QED) is 0.905. The van der Waals surface area contributed by atoms with E-state index in [0.29, 0.717) is 5.76 Å². The molecule has 1 aromatic carbocycles. The van der Waals surface area contributed by atoms with E-state index in [2.05, 4.69) is 15.9 Å². The fourth-order valence-corrected chi connectivity index (χ4v) is 2.27. The highest BCUT2D eigenvalue weighted by atomic mass is 79.9. The maximum Gasteiger partial charge on any atom is 0.371 e. The molecule has 0 fully saturated rings. The number of hydrogen-bond acceptors (Lipinski definition) is 3. The minimum atomic E-state index is -1.07. The summed E-state index contributed by atoms with van der Waals surface area (Å²) in [7, 11) is 0. The molecule has 1 N–H and O–H groups in total. The van der Waals surface area contributed by atoms with E-state index in [0.717, 1.165) is 26.9 Å². The Bertz CT molecular complexity index is 658. The summed E-state index contributed by atoms with van der Waals surface area (Å²) in [5.41, 5.74) is 2.92. The number of furan rings is 1. The summed E-state index contributed by atoms with van der Waals surface area (Å²) in [6, 6.07) is 5.32. The molecule has 0 spiro atoms. The molecule has 0 amide bonds. The van der Waals surface area contributed by atoms with Crippen molar-refractivity contribution in [2.45, 2.75) is 27.4 Å². The maximum absolute atomic E-state index is 10.8. The van der Waals surface area contributed by atoms with E-state index >= 15 is 0 Å². The summed E-state index contributed by atoms with van der Waals surface area (Å²) in [6.45, 7) is 6.01. The molecule has 0 aliphatic carbocycles. The zero-order chi connectivity index (χ0) is 14.9. The third-order valence-electron chi connectivity index (χ3n) is 3.29. The molecule has 0 aliphatic heterocycles. The zero-order valence-corrected chi connectivity index (χ0v) is 13.1. The molecule has 0 saturated carbocycles. The lowest BCUT2D eigenvalue weighted by Gasteiger charge is -2.11. The van der Waals surface area contributed by atoms with Crippen molar-refractivity contribution >= 4 is 21.9 Å². The van der Waals surface area contributed by atoms with E-state index in [1.54, 1.807) is 6.92 Å². The Labute approximate surface area is 125 Å². The summed E-state index contributed by atoms with van der Waals surface area (Å²) in [6.07, 6.45) is 0. The van der Waals surface area contributed by atoms with Crippen molar-refractivity contribution in [1.82, 2.24) is 0 Å². The predicted octanol–water partition coefficient (Wildman–Crippen LogP) is 4.24. The number of aryl methyl sites for hydroxylation is 1. The molecular formula is C15H15BrO4. The molecule has 1 heterocycles. The second-order valence-corrected chi connectivity index (χ2v) is 5.44. The van der Waals surface area contributed by atoms with Crippen LogP contribution in [0.4, 0.5) is 0 Å². The first-order valence-electron chi connectivity index (χ1n) is 6.11. The molecule has 20 heavy (non-hydrogen) atoms. The Morgan fingerprint density at radius 2 is 2.00 bits per heavy atom. The number of carboxylic acids is 1. The fraction of sp³-hybridized carbons (Fsp3) is 0.267. The first-order valence-corrected chi connectivity index (χ1v) is 6.90. The molecule has 2 aromatic rings. The fourth-order valence-electron chi connectivity index (χ4n) is 1.84. The molecule has 1 aromatic heterocycles. The first-order chi connectivity index (χ1) is 9.40. The first kappa shape index (κ1) is 14.7. The average molecular weight is 339 g/mol. The number of ether oxygens (including phenoxy) is 1. The van der Waals surface area contributed by atoms with Gasteiger partial charge in [-0.25, -0.2) is 4.79 Å². The van der Waals surface area contributed by atoms with Gasteiger partial charge in [0.15, 0.2) is 0 Å². The van der Waals surface area contributed by atoms with Crippen molar-refractivity contribution in [3.63, 3.8) is 0 Å². The minimum absolute atomic E-state index is 0.0650. The molecule has 0 aliphatic rings. The number of carboxylic acid groups (broad SMARTS) is 1. The van der Waals surface area contributed by atoms with Gasteiger partial charge in [0.25, 0.3) is 0 Å². The second kappa shape index (κ2) is 5.71. The van der Waals surface area contributed by atoms with Gasteiger partial charge in [-0.2, -0.15) is 0 Å². The van der Waals surface area contributed by atoms with Crippen molar-refractivity contribution in [3.8, 4) is 5.75 Å². The van der Waals surface area contributed by atoms with E-state index in [1.807, 2.05) is 26.0 Å². The van der Waals surface area contributed by atoms with Gasteiger partial charge in [-0.15, -0.1) is 0 Å². The van der Waals surface area contributed by atoms with Crippen molar-refractivity contribution < 1.29 is 19.1 Å².